The summed E-state index contributed by atoms with van der Waals surface area (Å²) in [4.78, 5) is 0. The van der Waals surface area contributed by atoms with Crippen LogP contribution in [0.1, 0.15) is 22.3 Å². The minimum absolute atomic E-state index is 0.119. The van der Waals surface area contributed by atoms with Gasteiger partial charge in [0, 0.05) is 14.8 Å². The molecule has 1 nitrogen and oxygen atoms in total. The Hall–Kier alpha value is -0.350. The Bertz CT molecular complexity index is 519. The normalized spacial score (nSPS) is 9.90. The van der Waals surface area contributed by atoms with Crippen LogP contribution >= 0.6 is 43.5 Å². The molecule has 0 aliphatic carbocycles. The van der Waals surface area contributed by atoms with E-state index in [0.717, 1.165) is 20.1 Å². The number of aryl methyl sites for hydroxylation is 2. The van der Waals surface area contributed by atoms with Crippen LogP contribution in [0.25, 0.3) is 0 Å². The van der Waals surface area contributed by atoms with Crippen molar-refractivity contribution in [1.82, 2.24) is 0 Å². The van der Waals surface area contributed by atoms with Gasteiger partial charge in [-0.15, -0.1) is 11.6 Å². The van der Waals surface area contributed by atoms with Gasteiger partial charge in [0.05, 0.1) is 6.61 Å². The van der Waals surface area contributed by atoms with E-state index in [1.807, 2.05) is 37.3 Å². The lowest BCUT2D eigenvalue weighted by molar-refractivity contribution is 0.281. The van der Waals surface area contributed by atoms with Crippen LogP contribution in [0.2, 0.25) is 0 Å². The fraction of sp³-hybridized carbons (Fsp3) is 0.250. The Morgan fingerprint density at radius 2 is 1.35 bits per heavy atom. The van der Waals surface area contributed by atoms with Gasteiger partial charge in [0.2, 0.25) is 0 Å². The van der Waals surface area contributed by atoms with E-state index in [0.29, 0.717) is 5.88 Å². The van der Waals surface area contributed by atoms with Gasteiger partial charge in [-0.1, -0.05) is 56.1 Å². The summed E-state index contributed by atoms with van der Waals surface area (Å²) in [5, 5.41) is 8.74. The molecule has 1 N–H and O–H groups in total. The van der Waals surface area contributed by atoms with E-state index in [-0.39, 0.29) is 6.61 Å². The number of rotatable bonds is 2. The largest absolute Gasteiger partial charge is 0.392 e. The maximum Gasteiger partial charge on any atom is 0.0681 e. The Labute approximate surface area is 142 Å². The van der Waals surface area contributed by atoms with E-state index in [1.165, 1.54) is 11.1 Å². The first kappa shape index (κ1) is 17.7. The molecule has 0 saturated carbocycles. The predicted octanol–water partition coefficient (Wildman–Crippen LogP) is 5.75. The zero-order valence-corrected chi connectivity index (χ0v) is 15.4. The molecule has 0 aromatic heterocycles. The first-order valence-electron chi connectivity index (χ1n) is 6.14. The Kier molecular flexibility index (Phi) is 7.82. The van der Waals surface area contributed by atoms with Crippen LogP contribution in [-0.4, -0.2) is 5.11 Å². The lowest BCUT2D eigenvalue weighted by Crippen LogP contribution is -1.83. The molecular formula is C16H17Br2ClO. The molecule has 20 heavy (non-hydrogen) atoms. The van der Waals surface area contributed by atoms with Gasteiger partial charge in [0.1, 0.15) is 0 Å². The smallest absolute Gasteiger partial charge is 0.0681 e. The highest BCUT2D eigenvalue weighted by molar-refractivity contribution is 9.10. The molecule has 0 radical (unpaired) electrons. The average Bonchev–Trinajstić information content (AvgIpc) is 2.45. The van der Waals surface area contributed by atoms with Gasteiger partial charge in [-0.3, -0.25) is 0 Å². The molecule has 2 aromatic rings. The van der Waals surface area contributed by atoms with Crippen molar-refractivity contribution >= 4 is 43.5 Å². The van der Waals surface area contributed by atoms with Gasteiger partial charge in [0.15, 0.2) is 0 Å². The van der Waals surface area contributed by atoms with Crippen LogP contribution in [0.3, 0.4) is 0 Å². The summed E-state index contributed by atoms with van der Waals surface area (Å²) < 4.78 is 2.23. The number of aliphatic hydroxyl groups excluding tert-OH is 1. The van der Waals surface area contributed by atoms with Crippen molar-refractivity contribution in [2.75, 3.05) is 0 Å². The van der Waals surface area contributed by atoms with E-state index >= 15 is 0 Å². The zero-order valence-electron chi connectivity index (χ0n) is 11.5. The molecule has 0 aliphatic heterocycles. The summed E-state index contributed by atoms with van der Waals surface area (Å²) in [5.74, 6) is 0.591. The second-order valence-corrected chi connectivity index (χ2v) is 6.43. The van der Waals surface area contributed by atoms with Crippen molar-refractivity contribution in [3.05, 3.63) is 67.6 Å². The first-order chi connectivity index (χ1) is 9.47. The maximum atomic E-state index is 8.74. The second-order valence-electron chi connectivity index (χ2n) is 4.46. The third-order valence-corrected chi connectivity index (χ3v) is 4.87. The molecule has 0 heterocycles. The Balaban J connectivity index is 0.000000200. The fourth-order valence-corrected chi connectivity index (χ4v) is 2.25. The number of halogens is 3. The maximum absolute atomic E-state index is 8.74. The average molecular weight is 421 g/mol. The van der Waals surface area contributed by atoms with E-state index < -0.39 is 0 Å². The van der Waals surface area contributed by atoms with Crippen LogP contribution in [0.4, 0.5) is 0 Å². The highest BCUT2D eigenvalue weighted by Gasteiger charge is 1.95. The lowest BCUT2D eigenvalue weighted by Gasteiger charge is -1.99. The molecule has 0 atom stereocenters. The monoisotopic (exact) mass is 418 g/mol. The highest BCUT2D eigenvalue weighted by atomic mass is 79.9. The van der Waals surface area contributed by atoms with Crippen LogP contribution in [0, 0.1) is 13.8 Å². The van der Waals surface area contributed by atoms with Gasteiger partial charge in [0.25, 0.3) is 0 Å². The zero-order chi connectivity index (χ0) is 15.1. The summed E-state index contributed by atoms with van der Waals surface area (Å²) >= 11 is 12.4. The Morgan fingerprint density at radius 1 is 0.900 bits per heavy atom. The third kappa shape index (κ3) is 5.57. The van der Waals surface area contributed by atoms with Crippen molar-refractivity contribution in [1.29, 1.82) is 0 Å². The standard InChI is InChI=1S/C8H8BrCl.C8H9BrO/c2*1-6-4-7(5-10)2-3-8(6)9/h2-4H,5H2,1H3;2-4,10H,5H2,1H3. The van der Waals surface area contributed by atoms with E-state index in [1.54, 1.807) is 0 Å². The predicted molar refractivity (Wildman–Crippen MR) is 93.2 cm³/mol. The molecule has 108 valence electrons. The van der Waals surface area contributed by atoms with Gasteiger partial charge >= 0.3 is 0 Å². The van der Waals surface area contributed by atoms with E-state index in [2.05, 4.69) is 44.8 Å². The fourth-order valence-electron chi connectivity index (χ4n) is 1.60. The van der Waals surface area contributed by atoms with Gasteiger partial charge < -0.3 is 5.11 Å². The molecule has 0 bridgehead atoms. The van der Waals surface area contributed by atoms with Crippen molar-refractivity contribution < 1.29 is 5.11 Å². The second kappa shape index (κ2) is 8.83. The number of alkyl halides is 1. The van der Waals surface area contributed by atoms with Crippen LogP contribution in [-0.2, 0) is 12.5 Å². The Morgan fingerprint density at radius 3 is 1.75 bits per heavy atom. The summed E-state index contributed by atoms with van der Waals surface area (Å²) in [6, 6.07) is 11.9. The summed E-state index contributed by atoms with van der Waals surface area (Å²) in [7, 11) is 0. The minimum Gasteiger partial charge on any atom is -0.392 e. The van der Waals surface area contributed by atoms with Crippen molar-refractivity contribution in [2.45, 2.75) is 26.3 Å². The summed E-state index contributed by atoms with van der Waals surface area (Å²) in [6.07, 6.45) is 0. The molecule has 0 aliphatic rings. The van der Waals surface area contributed by atoms with Crippen LogP contribution in [0.15, 0.2) is 45.3 Å². The van der Waals surface area contributed by atoms with E-state index in [9.17, 15) is 0 Å². The van der Waals surface area contributed by atoms with Crippen LogP contribution < -0.4 is 0 Å². The SMILES string of the molecule is Cc1cc(CCl)ccc1Br.Cc1cc(CO)ccc1Br. The number of aliphatic hydroxyl groups is 1. The molecule has 0 amide bonds. The molecule has 4 heteroatoms. The molecule has 0 unspecified atom stereocenters. The summed E-state index contributed by atoms with van der Waals surface area (Å²) in [5.41, 5.74) is 4.52. The molecule has 0 fully saturated rings. The topological polar surface area (TPSA) is 20.2 Å². The number of benzene rings is 2. The molecule has 2 rings (SSSR count). The van der Waals surface area contributed by atoms with Gasteiger partial charge in [-0.05, 0) is 48.2 Å². The summed E-state index contributed by atoms with van der Waals surface area (Å²) in [6.45, 7) is 4.18. The molecule has 0 spiro atoms. The molecule has 2 aromatic carbocycles. The lowest BCUT2D eigenvalue weighted by atomic mass is 10.1. The van der Waals surface area contributed by atoms with Gasteiger partial charge in [-0.25, -0.2) is 0 Å². The van der Waals surface area contributed by atoms with Gasteiger partial charge in [-0.2, -0.15) is 0 Å². The molecular weight excluding hydrogens is 403 g/mol. The number of hydrogen-bond donors (Lipinski definition) is 1. The number of hydrogen-bond acceptors (Lipinski definition) is 1. The van der Waals surface area contributed by atoms with Crippen molar-refractivity contribution in [3.63, 3.8) is 0 Å². The quantitative estimate of drug-likeness (QED) is 0.614. The molecule has 0 saturated heterocycles. The van der Waals surface area contributed by atoms with Crippen molar-refractivity contribution in [3.8, 4) is 0 Å². The first-order valence-corrected chi connectivity index (χ1v) is 8.27. The van der Waals surface area contributed by atoms with E-state index in [4.69, 9.17) is 16.7 Å². The highest BCUT2D eigenvalue weighted by Crippen LogP contribution is 2.18. The minimum atomic E-state index is 0.119. The van der Waals surface area contributed by atoms with Crippen LogP contribution in [0.5, 0.6) is 0 Å². The van der Waals surface area contributed by atoms with Crippen molar-refractivity contribution in [2.24, 2.45) is 0 Å². The third-order valence-electron chi connectivity index (χ3n) is 2.78.